The number of hydrogen-bond acceptors (Lipinski definition) is 4. The molecule has 6 nitrogen and oxygen atoms in total. The molecule has 4 rings (SSSR count). The minimum atomic E-state index is -0.217. The Kier molecular flexibility index (Phi) is 3.82. The monoisotopic (exact) mass is 351 g/mol. The van der Waals surface area contributed by atoms with E-state index in [0.717, 1.165) is 11.3 Å². The lowest BCUT2D eigenvalue weighted by Gasteiger charge is -2.06. The van der Waals surface area contributed by atoms with Crippen LogP contribution in [0.4, 0.5) is 0 Å². The number of aromatic nitrogens is 5. The second-order valence-electron chi connectivity index (χ2n) is 5.81. The maximum atomic E-state index is 12.7. The third-order valence-electron chi connectivity index (χ3n) is 3.97. The number of hydrogen-bond donors (Lipinski definition) is 0. The predicted octanol–water partition coefficient (Wildman–Crippen LogP) is 2.99. The van der Waals surface area contributed by atoms with Gasteiger partial charge >= 0.3 is 0 Å². The molecule has 0 N–H and O–H groups in total. The molecule has 0 atom stereocenters. The second kappa shape index (κ2) is 6.14. The van der Waals surface area contributed by atoms with E-state index in [2.05, 4.69) is 15.3 Å². The van der Waals surface area contributed by atoms with Crippen molar-refractivity contribution in [1.29, 1.82) is 0 Å². The molecule has 0 radical (unpaired) electrons. The average Bonchev–Trinajstić information content (AvgIpc) is 3.05. The molecule has 0 saturated carbocycles. The van der Waals surface area contributed by atoms with Gasteiger partial charge in [-0.05, 0) is 36.8 Å². The van der Waals surface area contributed by atoms with Crippen LogP contribution in [-0.4, -0.2) is 24.5 Å². The van der Waals surface area contributed by atoms with Crippen molar-refractivity contribution in [2.75, 3.05) is 0 Å². The van der Waals surface area contributed by atoms with Gasteiger partial charge in [-0.1, -0.05) is 46.6 Å². The van der Waals surface area contributed by atoms with E-state index in [-0.39, 0.29) is 11.1 Å². The quantitative estimate of drug-likeness (QED) is 0.569. The van der Waals surface area contributed by atoms with E-state index in [1.807, 2.05) is 31.2 Å². The third-order valence-corrected chi connectivity index (χ3v) is 4.23. The maximum Gasteiger partial charge on any atom is 0.283 e. The molecular weight excluding hydrogens is 338 g/mol. The Labute approximate surface area is 148 Å². The topological polar surface area (TPSA) is 65.6 Å². The first-order valence-electron chi connectivity index (χ1n) is 7.74. The highest BCUT2D eigenvalue weighted by molar-refractivity contribution is 6.30. The Morgan fingerprint density at radius 3 is 2.48 bits per heavy atom. The van der Waals surface area contributed by atoms with Gasteiger partial charge in [0.05, 0.1) is 12.2 Å². The lowest BCUT2D eigenvalue weighted by atomic mass is 10.1. The number of nitrogens with zero attached hydrogens (tertiary/aromatic N) is 5. The lowest BCUT2D eigenvalue weighted by molar-refractivity contribution is 0.745. The van der Waals surface area contributed by atoms with Crippen LogP contribution in [0, 0.1) is 6.92 Å². The Bertz CT molecular complexity index is 1100. The van der Waals surface area contributed by atoms with E-state index in [1.54, 1.807) is 24.3 Å². The minimum absolute atomic E-state index is 0.217. The summed E-state index contributed by atoms with van der Waals surface area (Å²) in [5, 5.41) is 8.71. The second-order valence-corrected chi connectivity index (χ2v) is 6.25. The van der Waals surface area contributed by atoms with Gasteiger partial charge in [-0.15, -0.1) is 5.10 Å². The number of benzene rings is 2. The molecule has 7 heteroatoms. The van der Waals surface area contributed by atoms with E-state index in [1.165, 1.54) is 21.1 Å². The fourth-order valence-corrected chi connectivity index (χ4v) is 2.73. The van der Waals surface area contributed by atoms with Gasteiger partial charge < -0.3 is 0 Å². The van der Waals surface area contributed by atoms with Crippen molar-refractivity contribution >= 4 is 22.8 Å². The number of fused-ring (bicyclic) bond motifs is 1. The molecule has 0 unspecified atom stereocenters. The van der Waals surface area contributed by atoms with Gasteiger partial charge in [0.25, 0.3) is 5.56 Å². The summed E-state index contributed by atoms with van der Waals surface area (Å²) in [6.45, 7) is 2.47. The van der Waals surface area contributed by atoms with Gasteiger partial charge in [0.15, 0.2) is 11.2 Å². The van der Waals surface area contributed by atoms with E-state index in [4.69, 9.17) is 11.6 Å². The van der Waals surface area contributed by atoms with E-state index >= 15 is 0 Å². The summed E-state index contributed by atoms with van der Waals surface area (Å²) in [6.07, 6.45) is 1.53. The minimum Gasteiger partial charge on any atom is -0.293 e. The summed E-state index contributed by atoms with van der Waals surface area (Å²) in [5.41, 5.74) is 3.40. The van der Waals surface area contributed by atoms with E-state index in [0.29, 0.717) is 17.2 Å². The smallest absolute Gasteiger partial charge is 0.283 e. The Balaban J connectivity index is 1.75. The fraction of sp³-hybridized carbons (Fsp3) is 0.111. The summed E-state index contributed by atoms with van der Waals surface area (Å²) in [6, 6.07) is 15.1. The van der Waals surface area contributed by atoms with Crippen molar-refractivity contribution in [2.24, 2.45) is 0 Å². The summed E-state index contributed by atoms with van der Waals surface area (Å²) < 4.78 is 3.07. The van der Waals surface area contributed by atoms with Crippen LogP contribution >= 0.6 is 11.6 Å². The van der Waals surface area contributed by atoms with Gasteiger partial charge in [0, 0.05) is 5.02 Å². The SMILES string of the molecule is Cc1ccc(Cn2cnc3c(nnn3-c3ccc(Cl)cc3)c2=O)cc1. The first-order chi connectivity index (χ1) is 12.1. The van der Waals surface area contributed by atoms with E-state index in [9.17, 15) is 4.79 Å². The van der Waals surface area contributed by atoms with Crippen molar-refractivity contribution in [2.45, 2.75) is 13.5 Å². The fourth-order valence-electron chi connectivity index (χ4n) is 2.60. The number of rotatable bonds is 3. The standard InChI is InChI=1S/C18H14ClN5O/c1-12-2-4-13(5-3-12)10-23-11-20-17-16(18(23)25)21-22-24(17)15-8-6-14(19)7-9-15/h2-9,11H,10H2,1H3. The van der Waals surface area contributed by atoms with Crippen LogP contribution in [0.15, 0.2) is 59.7 Å². The molecule has 2 aromatic carbocycles. The molecule has 0 bridgehead atoms. The normalized spacial score (nSPS) is 11.1. The molecule has 124 valence electrons. The average molecular weight is 352 g/mol. The zero-order chi connectivity index (χ0) is 17.4. The molecule has 2 heterocycles. The van der Waals surface area contributed by atoms with Crippen LogP contribution in [0.5, 0.6) is 0 Å². The van der Waals surface area contributed by atoms with Gasteiger partial charge in [-0.2, -0.15) is 4.68 Å². The summed E-state index contributed by atoms with van der Waals surface area (Å²) in [5.74, 6) is 0. The Hall–Kier alpha value is -2.99. The van der Waals surface area contributed by atoms with Crippen molar-refractivity contribution < 1.29 is 0 Å². The van der Waals surface area contributed by atoms with Gasteiger partial charge in [0.2, 0.25) is 0 Å². The van der Waals surface area contributed by atoms with Crippen LogP contribution in [0.3, 0.4) is 0 Å². The zero-order valence-corrected chi connectivity index (χ0v) is 14.2. The lowest BCUT2D eigenvalue weighted by Crippen LogP contribution is -2.21. The van der Waals surface area contributed by atoms with Crippen molar-refractivity contribution in [3.05, 3.63) is 81.4 Å². The first-order valence-corrected chi connectivity index (χ1v) is 8.12. The molecule has 0 saturated heterocycles. The van der Waals surface area contributed by atoms with E-state index < -0.39 is 0 Å². The van der Waals surface area contributed by atoms with Crippen LogP contribution in [0.2, 0.25) is 5.02 Å². The van der Waals surface area contributed by atoms with Gasteiger partial charge in [0.1, 0.15) is 6.33 Å². The Morgan fingerprint density at radius 2 is 1.76 bits per heavy atom. The molecule has 0 aliphatic carbocycles. The van der Waals surface area contributed by atoms with Gasteiger partial charge in [-0.3, -0.25) is 9.36 Å². The largest absolute Gasteiger partial charge is 0.293 e. The number of aryl methyl sites for hydroxylation is 1. The van der Waals surface area contributed by atoms with Crippen molar-refractivity contribution in [1.82, 2.24) is 24.5 Å². The zero-order valence-electron chi connectivity index (χ0n) is 13.4. The van der Waals surface area contributed by atoms with Crippen molar-refractivity contribution in [3.8, 4) is 5.69 Å². The molecular formula is C18H14ClN5O. The van der Waals surface area contributed by atoms with Crippen LogP contribution in [0.25, 0.3) is 16.9 Å². The summed E-state index contributed by atoms with van der Waals surface area (Å²) in [7, 11) is 0. The molecule has 0 aliphatic rings. The molecule has 4 aromatic rings. The third kappa shape index (κ3) is 2.92. The molecule has 0 spiro atoms. The Morgan fingerprint density at radius 1 is 1.04 bits per heavy atom. The number of halogens is 1. The highest BCUT2D eigenvalue weighted by Crippen LogP contribution is 2.15. The summed E-state index contributed by atoms with van der Waals surface area (Å²) in [4.78, 5) is 17.1. The molecule has 0 amide bonds. The highest BCUT2D eigenvalue weighted by atomic mass is 35.5. The first kappa shape index (κ1) is 15.5. The molecule has 2 aromatic heterocycles. The van der Waals surface area contributed by atoms with Gasteiger partial charge in [-0.25, -0.2) is 4.98 Å². The highest BCUT2D eigenvalue weighted by Gasteiger charge is 2.13. The van der Waals surface area contributed by atoms with Crippen LogP contribution in [-0.2, 0) is 6.54 Å². The maximum absolute atomic E-state index is 12.7. The van der Waals surface area contributed by atoms with Crippen molar-refractivity contribution in [3.63, 3.8) is 0 Å². The summed E-state index contributed by atoms with van der Waals surface area (Å²) >= 11 is 5.91. The molecule has 25 heavy (non-hydrogen) atoms. The van der Waals surface area contributed by atoms with Crippen LogP contribution < -0.4 is 5.56 Å². The van der Waals surface area contributed by atoms with Crippen LogP contribution in [0.1, 0.15) is 11.1 Å². The molecule has 0 fully saturated rings. The predicted molar refractivity (Wildman–Crippen MR) is 96.2 cm³/mol. The molecule has 0 aliphatic heterocycles.